The van der Waals surface area contributed by atoms with Crippen molar-refractivity contribution in [1.29, 1.82) is 0 Å². The minimum atomic E-state index is 0.339. The Bertz CT molecular complexity index is 1460. The van der Waals surface area contributed by atoms with Crippen LogP contribution in [0.25, 0.3) is 43.4 Å². The van der Waals surface area contributed by atoms with Gasteiger partial charge in [-0.15, -0.1) is 0 Å². The van der Waals surface area contributed by atoms with E-state index in [0.717, 1.165) is 0 Å². The smallest absolute Gasteiger partial charge is 0.0425 e. The van der Waals surface area contributed by atoms with E-state index in [9.17, 15) is 0 Å². The van der Waals surface area contributed by atoms with E-state index >= 15 is 0 Å². The van der Waals surface area contributed by atoms with Gasteiger partial charge in [0, 0.05) is 17.4 Å². The van der Waals surface area contributed by atoms with Crippen molar-refractivity contribution in [2.24, 2.45) is 0 Å². The summed E-state index contributed by atoms with van der Waals surface area (Å²) in [5.74, 6) is 0. The van der Waals surface area contributed by atoms with Crippen molar-refractivity contribution in [3.05, 3.63) is 109 Å². The summed E-state index contributed by atoms with van der Waals surface area (Å²) in [6.45, 7) is 4.52. The first kappa shape index (κ1) is 18.9. The lowest BCUT2D eigenvalue weighted by atomic mass is 9.93. The lowest BCUT2D eigenvalue weighted by molar-refractivity contribution is 0.790. The second-order valence-electron chi connectivity index (χ2n) is 8.85. The van der Waals surface area contributed by atoms with Crippen molar-refractivity contribution < 1.29 is 0 Å². The molecule has 0 spiro atoms. The van der Waals surface area contributed by atoms with Crippen LogP contribution < -0.4 is 4.90 Å². The average molecular weight is 412 g/mol. The van der Waals surface area contributed by atoms with Gasteiger partial charge in [-0.05, 0) is 81.6 Å². The minimum Gasteiger partial charge on any atom is -0.339 e. The maximum Gasteiger partial charge on any atom is 0.0425 e. The normalized spacial score (nSPS) is 11.7. The zero-order valence-electron chi connectivity index (χ0n) is 18.4. The van der Waals surface area contributed by atoms with Crippen molar-refractivity contribution in [1.82, 2.24) is 0 Å². The first-order valence-electron chi connectivity index (χ1n) is 11.3. The fourth-order valence-electron chi connectivity index (χ4n) is 5.07. The molecule has 0 aliphatic rings. The van der Waals surface area contributed by atoms with Crippen LogP contribution in [0, 0.1) is 0 Å². The van der Waals surface area contributed by atoms with E-state index in [4.69, 9.17) is 0 Å². The lowest BCUT2D eigenvalue weighted by Gasteiger charge is -2.30. The van der Waals surface area contributed by atoms with Gasteiger partial charge in [0.25, 0.3) is 0 Å². The lowest BCUT2D eigenvalue weighted by Crippen LogP contribution is -2.25. The molecule has 0 amide bonds. The zero-order chi connectivity index (χ0) is 21.7. The van der Waals surface area contributed by atoms with E-state index in [0.29, 0.717) is 6.04 Å². The highest BCUT2D eigenvalue weighted by atomic mass is 15.2. The molecule has 0 aromatic heterocycles. The molecule has 1 heteroatoms. The van der Waals surface area contributed by atoms with Crippen molar-refractivity contribution in [3.63, 3.8) is 0 Å². The van der Waals surface area contributed by atoms with E-state index in [1.165, 1.54) is 54.8 Å². The number of hydrogen-bond acceptors (Lipinski definition) is 1. The quantitative estimate of drug-likeness (QED) is 0.262. The van der Waals surface area contributed by atoms with Gasteiger partial charge in [0.1, 0.15) is 0 Å². The summed E-state index contributed by atoms with van der Waals surface area (Å²) in [5, 5.41) is 7.96. The molecule has 6 aromatic carbocycles. The first-order chi connectivity index (χ1) is 15.7. The largest absolute Gasteiger partial charge is 0.339 e. The van der Waals surface area contributed by atoms with Crippen LogP contribution in [0.2, 0.25) is 0 Å². The summed E-state index contributed by atoms with van der Waals surface area (Å²) < 4.78 is 0. The molecule has 1 nitrogen and oxygen atoms in total. The second-order valence-corrected chi connectivity index (χ2v) is 8.85. The van der Waals surface area contributed by atoms with Crippen LogP contribution in [0.3, 0.4) is 0 Å². The van der Waals surface area contributed by atoms with Gasteiger partial charge in [0.2, 0.25) is 0 Å². The van der Waals surface area contributed by atoms with Gasteiger partial charge in [-0.2, -0.15) is 0 Å². The molecule has 0 radical (unpaired) electrons. The monoisotopic (exact) mass is 411 g/mol. The van der Waals surface area contributed by atoms with E-state index < -0.39 is 0 Å². The summed E-state index contributed by atoms with van der Waals surface area (Å²) in [4.78, 5) is 2.43. The van der Waals surface area contributed by atoms with Crippen molar-refractivity contribution in [3.8, 4) is 11.1 Å². The third-order valence-corrected chi connectivity index (χ3v) is 6.50. The summed E-state index contributed by atoms with van der Waals surface area (Å²) in [6.07, 6.45) is 0. The number of benzene rings is 6. The van der Waals surface area contributed by atoms with Crippen LogP contribution in [0.1, 0.15) is 13.8 Å². The standard InChI is InChI=1S/C31H25N/c1-21(2)32(28-17-15-23(16-18-28)22-7-4-3-5-8-22)29-19-26-13-11-24-9-6-10-25-12-14-27(20-29)31(26)30(24)25/h3-21H,1-2H3. The molecule has 0 aliphatic carbocycles. The summed E-state index contributed by atoms with van der Waals surface area (Å²) in [6, 6.07) is 40.1. The number of rotatable bonds is 4. The molecule has 6 rings (SSSR count). The van der Waals surface area contributed by atoms with Crippen molar-refractivity contribution in [2.75, 3.05) is 4.90 Å². The van der Waals surface area contributed by atoms with Gasteiger partial charge in [-0.3, -0.25) is 0 Å². The van der Waals surface area contributed by atoms with Crippen LogP contribution in [-0.2, 0) is 0 Å². The second kappa shape index (κ2) is 7.39. The Labute approximate surface area is 188 Å². The van der Waals surface area contributed by atoms with Gasteiger partial charge >= 0.3 is 0 Å². The molecule has 0 heterocycles. The molecule has 0 bridgehead atoms. The molecule has 0 N–H and O–H groups in total. The third-order valence-electron chi connectivity index (χ3n) is 6.50. The first-order valence-corrected chi connectivity index (χ1v) is 11.3. The molecular formula is C31H25N. The van der Waals surface area contributed by atoms with Gasteiger partial charge in [0.05, 0.1) is 0 Å². The molecule has 0 atom stereocenters. The van der Waals surface area contributed by atoms with E-state index in [1.807, 2.05) is 0 Å². The Hall–Kier alpha value is -3.84. The third kappa shape index (κ3) is 3.01. The fourth-order valence-corrected chi connectivity index (χ4v) is 5.07. The Balaban J connectivity index is 1.49. The van der Waals surface area contributed by atoms with Crippen LogP contribution >= 0.6 is 0 Å². The van der Waals surface area contributed by atoms with E-state index in [-0.39, 0.29) is 0 Å². The zero-order valence-corrected chi connectivity index (χ0v) is 18.4. The topological polar surface area (TPSA) is 3.24 Å². The van der Waals surface area contributed by atoms with Gasteiger partial charge in [-0.25, -0.2) is 0 Å². The average Bonchev–Trinajstić information content (AvgIpc) is 2.83. The Morgan fingerprint density at radius 3 is 1.59 bits per heavy atom. The highest BCUT2D eigenvalue weighted by molar-refractivity contribution is 6.23. The predicted molar refractivity (Wildman–Crippen MR) is 139 cm³/mol. The molecule has 154 valence electrons. The summed E-state index contributed by atoms with van der Waals surface area (Å²) in [7, 11) is 0. The molecule has 6 aromatic rings. The van der Waals surface area contributed by atoms with Crippen molar-refractivity contribution in [2.45, 2.75) is 19.9 Å². The summed E-state index contributed by atoms with van der Waals surface area (Å²) >= 11 is 0. The molecular weight excluding hydrogens is 386 g/mol. The molecule has 0 fully saturated rings. The number of nitrogens with zero attached hydrogens (tertiary/aromatic N) is 1. The minimum absolute atomic E-state index is 0.339. The molecule has 0 saturated carbocycles. The number of hydrogen-bond donors (Lipinski definition) is 0. The summed E-state index contributed by atoms with van der Waals surface area (Å²) in [5.41, 5.74) is 4.94. The molecule has 32 heavy (non-hydrogen) atoms. The maximum absolute atomic E-state index is 2.43. The SMILES string of the molecule is CC(C)N(c1ccc(-c2ccccc2)cc1)c1cc2ccc3cccc4ccc(c1)c2c34. The maximum atomic E-state index is 2.43. The van der Waals surface area contributed by atoms with Crippen molar-refractivity contribution >= 4 is 43.7 Å². The van der Waals surface area contributed by atoms with E-state index in [2.05, 4.69) is 128 Å². The molecule has 0 unspecified atom stereocenters. The van der Waals surface area contributed by atoms with E-state index in [1.54, 1.807) is 0 Å². The highest BCUT2D eigenvalue weighted by Gasteiger charge is 2.16. The Kier molecular flexibility index (Phi) is 4.36. The van der Waals surface area contributed by atoms with Gasteiger partial charge in [-0.1, -0.05) is 84.9 Å². The Morgan fingerprint density at radius 1 is 0.469 bits per heavy atom. The van der Waals surface area contributed by atoms with Gasteiger partial charge < -0.3 is 4.90 Å². The fraction of sp³-hybridized carbons (Fsp3) is 0.0968. The Morgan fingerprint density at radius 2 is 1.00 bits per heavy atom. The van der Waals surface area contributed by atoms with Crippen LogP contribution in [0.5, 0.6) is 0 Å². The highest BCUT2D eigenvalue weighted by Crippen LogP contribution is 2.39. The van der Waals surface area contributed by atoms with Gasteiger partial charge in [0.15, 0.2) is 0 Å². The van der Waals surface area contributed by atoms with Crippen LogP contribution in [0.4, 0.5) is 11.4 Å². The molecule has 0 saturated heterocycles. The van der Waals surface area contributed by atoms with Crippen LogP contribution in [-0.4, -0.2) is 6.04 Å². The van der Waals surface area contributed by atoms with Crippen LogP contribution in [0.15, 0.2) is 109 Å². The number of anilines is 2. The predicted octanol–water partition coefficient (Wildman–Crippen LogP) is 8.80. The molecule has 0 aliphatic heterocycles.